The lowest BCUT2D eigenvalue weighted by molar-refractivity contribution is 0.443. The zero-order chi connectivity index (χ0) is 38.7. The molecule has 0 saturated heterocycles. The van der Waals surface area contributed by atoms with Gasteiger partial charge >= 0.3 is 0 Å². The van der Waals surface area contributed by atoms with E-state index in [1.54, 1.807) is 0 Å². The molecule has 0 unspecified atom stereocenters. The SMILES string of the molecule is c1ccc(N(c2ccccc2)c2ccc(Cc3ccc(N(c4ccc(C5CCCCC5)cc4)c4ccc5c6ccccc6n(-c6ccccc6)c5c4)cc3)cc2)cc1. The normalized spacial score (nSPS) is 13.2. The maximum atomic E-state index is 2.43. The van der Waals surface area contributed by atoms with E-state index < -0.39 is 0 Å². The molecule has 1 aromatic heterocycles. The molecule has 1 heterocycles. The molecule has 1 aliphatic rings. The van der Waals surface area contributed by atoms with Gasteiger partial charge in [-0.3, -0.25) is 0 Å². The smallest absolute Gasteiger partial charge is 0.0561 e. The van der Waals surface area contributed by atoms with Crippen LogP contribution in [0.2, 0.25) is 0 Å². The topological polar surface area (TPSA) is 11.4 Å². The Kier molecular flexibility index (Phi) is 9.78. The molecule has 0 amide bonds. The first-order chi connectivity index (χ1) is 28.8. The molecular weight excluding hydrogens is 703 g/mol. The summed E-state index contributed by atoms with van der Waals surface area (Å²) in [5.74, 6) is 0.669. The van der Waals surface area contributed by atoms with Crippen molar-refractivity contribution in [1.82, 2.24) is 4.57 Å². The van der Waals surface area contributed by atoms with Crippen molar-refractivity contribution < 1.29 is 0 Å². The van der Waals surface area contributed by atoms with E-state index in [2.05, 4.69) is 221 Å². The van der Waals surface area contributed by atoms with Crippen molar-refractivity contribution in [2.24, 2.45) is 0 Å². The highest BCUT2D eigenvalue weighted by atomic mass is 15.1. The highest BCUT2D eigenvalue weighted by molar-refractivity contribution is 6.10. The fraction of sp³-hybridized carbons (Fsp3) is 0.127. The second-order valence-electron chi connectivity index (χ2n) is 15.7. The van der Waals surface area contributed by atoms with E-state index in [1.807, 2.05) is 0 Å². The summed E-state index contributed by atoms with van der Waals surface area (Å²) in [6, 6.07) is 75.3. The average Bonchev–Trinajstić information content (AvgIpc) is 3.63. The van der Waals surface area contributed by atoms with Gasteiger partial charge in [-0.05, 0) is 133 Å². The van der Waals surface area contributed by atoms with Crippen molar-refractivity contribution in [3.8, 4) is 5.69 Å². The van der Waals surface area contributed by atoms with Crippen LogP contribution in [-0.4, -0.2) is 4.57 Å². The van der Waals surface area contributed by atoms with Crippen LogP contribution in [0.25, 0.3) is 27.5 Å². The highest BCUT2D eigenvalue weighted by Gasteiger charge is 2.20. The zero-order valence-electron chi connectivity index (χ0n) is 32.8. The summed E-state index contributed by atoms with van der Waals surface area (Å²) in [7, 11) is 0. The third-order valence-electron chi connectivity index (χ3n) is 12.0. The van der Waals surface area contributed by atoms with Crippen LogP contribution in [0.1, 0.15) is 54.7 Å². The highest BCUT2D eigenvalue weighted by Crippen LogP contribution is 2.41. The number of fused-ring (bicyclic) bond motifs is 3. The Morgan fingerprint density at radius 2 is 0.828 bits per heavy atom. The number of aromatic nitrogens is 1. The minimum atomic E-state index is 0.669. The number of para-hydroxylation sites is 4. The Labute approximate surface area is 342 Å². The van der Waals surface area contributed by atoms with Gasteiger partial charge in [-0.25, -0.2) is 0 Å². The lowest BCUT2D eigenvalue weighted by Crippen LogP contribution is -2.11. The maximum absolute atomic E-state index is 2.43. The molecule has 1 aliphatic carbocycles. The molecule has 3 heteroatoms. The van der Waals surface area contributed by atoms with Crippen LogP contribution in [0.15, 0.2) is 206 Å². The molecule has 0 bridgehead atoms. The molecule has 0 N–H and O–H groups in total. The molecule has 3 nitrogen and oxygen atoms in total. The van der Waals surface area contributed by atoms with Crippen molar-refractivity contribution >= 4 is 55.9 Å². The molecule has 282 valence electrons. The van der Waals surface area contributed by atoms with Gasteiger partial charge < -0.3 is 14.4 Å². The molecule has 0 spiro atoms. The molecule has 0 aliphatic heterocycles. The van der Waals surface area contributed by atoms with E-state index in [-0.39, 0.29) is 0 Å². The molecule has 1 fully saturated rings. The number of nitrogens with zero attached hydrogens (tertiary/aromatic N) is 3. The first-order valence-electron chi connectivity index (χ1n) is 20.8. The summed E-state index contributed by atoms with van der Waals surface area (Å²) in [6.45, 7) is 0. The summed E-state index contributed by atoms with van der Waals surface area (Å²) in [4.78, 5) is 4.74. The van der Waals surface area contributed by atoms with Crippen molar-refractivity contribution in [2.45, 2.75) is 44.4 Å². The number of anilines is 6. The van der Waals surface area contributed by atoms with E-state index >= 15 is 0 Å². The van der Waals surface area contributed by atoms with Crippen LogP contribution in [0.4, 0.5) is 34.1 Å². The number of rotatable bonds is 10. The summed E-state index contributed by atoms with van der Waals surface area (Å²) in [6.07, 6.45) is 7.50. The van der Waals surface area contributed by atoms with Crippen molar-refractivity contribution in [3.05, 3.63) is 223 Å². The quantitative estimate of drug-likeness (QED) is 0.138. The minimum absolute atomic E-state index is 0.669. The summed E-state index contributed by atoms with van der Waals surface area (Å²) in [5, 5.41) is 2.52. The second-order valence-corrected chi connectivity index (χ2v) is 15.7. The van der Waals surface area contributed by atoms with Crippen LogP contribution in [0.3, 0.4) is 0 Å². The lowest BCUT2D eigenvalue weighted by atomic mass is 9.84. The van der Waals surface area contributed by atoms with E-state index in [9.17, 15) is 0 Å². The second kappa shape index (κ2) is 16.0. The number of hydrogen-bond donors (Lipinski definition) is 0. The van der Waals surface area contributed by atoms with Gasteiger partial charge in [-0.15, -0.1) is 0 Å². The van der Waals surface area contributed by atoms with Crippen molar-refractivity contribution in [2.75, 3.05) is 9.80 Å². The van der Waals surface area contributed by atoms with Crippen molar-refractivity contribution in [1.29, 1.82) is 0 Å². The molecule has 9 aromatic rings. The van der Waals surface area contributed by atoms with Gasteiger partial charge in [0, 0.05) is 50.6 Å². The van der Waals surface area contributed by atoms with Gasteiger partial charge in [0.25, 0.3) is 0 Å². The van der Waals surface area contributed by atoms with Crippen LogP contribution in [-0.2, 0) is 6.42 Å². The molecule has 10 rings (SSSR count). The monoisotopic (exact) mass is 749 g/mol. The number of hydrogen-bond acceptors (Lipinski definition) is 2. The third-order valence-corrected chi connectivity index (χ3v) is 12.0. The Morgan fingerprint density at radius 3 is 1.41 bits per heavy atom. The van der Waals surface area contributed by atoms with Gasteiger partial charge in [-0.2, -0.15) is 0 Å². The number of benzene rings is 8. The molecule has 58 heavy (non-hydrogen) atoms. The fourth-order valence-corrected chi connectivity index (χ4v) is 9.09. The standard InChI is InChI=1S/C55H47N3/c1-5-15-43(16-6-1)44-29-35-50(36-30-44)57(51-37-38-53-52-23-13-14-24-54(52)58(55(53)40-51)47-21-11-4-12-22-47)49-33-27-42(28-34-49)39-41-25-31-48(32-26-41)56(45-17-7-2-8-18-45)46-19-9-3-10-20-46/h2-4,7-14,17-38,40,43H,1,5-6,15-16,39H2. The fourth-order valence-electron chi connectivity index (χ4n) is 9.09. The third kappa shape index (κ3) is 7.05. The van der Waals surface area contributed by atoms with Gasteiger partial charge in [0.1, 0.15) is 0 Å². The maximum Gasteiger partial charge on any atom is 0.0561 e. The van der Waals surface area contributed by atoms with Crippen LogP contribution in [0.5, 0.6) is 0 Å². The average molecular weight is 750 g/mol. The molecule has 8 aromatic carbocycles. The van der Waals surface area contributed by atoms with Gasteiger partial charge in [-0.1, -0.05) is 135 Å². The van der Waals surface area contributed by atoms with E-state index in [4.69, 9.17) is 0 Å². The van der Waals surface area contributed by atoms with E-state index in [1.165, 1.54) is 82.0 Å². The van der Waals surface area contributed by atoms with E-state index in [0.29, 0.717) is 5.92 Å². The Morgan fingerprint density at radius 1 is 0.379 bits per heavy atom. The predicted octanol–water partition coefficient (Wildman–Crippen LogP) is 15.4. The van der Waals surface area contributed by atoms with E-state index in [0.717, 1.165) is 34.9 Å². The van der Waals surface area contributed by atoms with Crippen LogP contribution >= 0.6 is 0 Å². The first-order valence-corrected chi connectivity index (χ1v) is 20.8. The molecule has 0 radical (unpaired) electrons. The summed E-state index contributed by atoms with van der Waals surface area (Å²) >= 11 is 0. The first kappa shape index (κ1) is 35.6. The molecule has 1 saturated carbocycles. The summed E-state index contributed by atoms with van der Waals surface area (Å²) < 4.78 is 2.41. The predicted molar refractivity (Wildman–Crippen MR) is 245 cm³/mol. The van der Waals surface area contributed by atoms with Gasteiger partial charge in [0.05, 0.1) is 11.0 Å². The van der Waals surface area contributed by atoms with Crippen LogP contribution in [0, 0.1) is 0 Å². The van der Waals surface area contributed by atoms with Crippen LogP contribution < -0.4 is 9.80 Å². The molecule has 0 atom stereocenters. The Balaban J connectivity index is 0.992. The van der Waals surface area contributed by atoms with Gasteiger partial charge in [0.15, 0.2) is 0 Å². The minimum Gasteiger partial charge on any atom is -0.311 e. The summed E-state index contributed by atoms with van der Waals surface area (Å²) in [5.41, 5.74) is 14.5. The molecular formula is C55H47N3. The zero-order valence-corrected chi connectivity index (χ0v) is 32.8. The Bertz CT molecular complexity index is 2710. The largest absolute Gasteiger partial charge is 0.311 e. The Hall–Kier alpha value is -6.84. The van der Waals surface area contributed by atoms with Crippen molar-refractivity contribution in [3.63, 3.8) is 0 Å². The van der Waals surface area contributed by atoms with Gasteiger partial charge in [0.2, 0.25) is 0 Å². The lowest BCUT2D eigenvalue weighted by Gasteiger charge is -2.27.